The van der Waals surface area contributed by atoms with Crippen LogP contribution in [0.5, 0.6) is 0 Å². The van der Waals surface area contributed by atoms with Crippen molar-refractivity contribution < 1.29 is 4.92 Å². The average molecular weight is 331 g/mol. The summed E-state index contributed by atoms with van der Waals surface area (Å²) >= 11 is 0. The minimum absolute atomic E-state index is 0.0870. The molecule has 0 spiro atoms. The molecule has 124 valence electrons. The second-order valence-electron chi connectivity index (χ2n) is 6.12. The van der Waals surface area contributed by atoms with Gasteiger partial charge in [0.1, 0.15) is 0 Å². The van der Waals surface area contributed by atoms with Gasteiger partial charge in [0.05, 0.1) is 10.8 Å². The van der Waals surface area contributed by atoms with E-state index in [1.54, 1.807) is 12.1 Å². The summed E-state index contributed by atoms with van der Waals surface area (Å²) in [6, 6.07) is 19.1. The van der Waals surface area contributed by atoms with Crippen molar-refractivity contribution in [2.75, 3.05) is 0 Å². The largest absolute Gasteiger partial charge is 0.361 e. The molecule has 0 aliphatic heterocycles. The third kappa shape index (κ3) is 2.59. The van der Waals surface area contributed by atoms with E-state index in [0.29, 0.717) is 0 Å². The van der Waals surface area contributed by atoms with Crippen molar-refractivity contribution in [3.8, 4) is 0 Å². The fourth-order valence-electron chi connectivity index (χ4n) is 3.43. The lowest BCUT2D eigenvalue weighted by atomic mass is 9.88. The number of benzene rings is 2. The van der Waals surface area contributed by atoms with Crippen molar-refractivity contribution in [3.05, 3.63) is 100.0 Å². The third-order valence-electron chi connectivity index (χ3n) is 4.63. The van der Waals surface area contributed by atoms with Gasteiger partial charge < -0.3 is 9.55 Å². The van der Waals surface area contributed by atoms with Gasteiger partial charge in [0, 0.05) is 48.2 Å². The van der Waals surface area contributed by atoms with Crippen molar-refractivity contribution in [2.24, 2.45) is 7.05 Å². The summed E-state index contributed by atoms with van der Waals surface area (Å²) in [6.07, 6.45) is 4.00. The predicted octanol–water partition coefficient (Wildman–Crippen LogP) is 4.59. The number of nitrogens with one attached hydrogen (secondary N) is 1. The molecular formula is C20H17N3O2. The lowest BCUT2D eigenvalue weighted by Crippen LogP contribution is -2.08. The van der Waals surface area contributed by atoms with Gasteiger partial charge in [-0.05, 0) is 29.3 Å². The smallest absolute Gasteiger partial charge is 0.269 e. The molecular weight excluding hydrogens is 314 g/mol. The van der Waals surface area contributed by atoms with Crippen LogP contribution in [0.4, 0.5) is 5.69 Å². The number of para-hydroxylation sites is 1. The van der Waals surface area contributed by atoms with E-state index in [-0.39, 0.29) is 16.5 Å². The molecule has 1 unspecified atom stereocenters. The Bertz CT molecular complexity index is 1060. The van der Waals surface area contributed by atoms with Crippen molar-refractivity contribution in [3.63, 3.8) is 0 Å². The molecule has 4 aromatic rings. The number of aryl methyl sites for hydroxylation is 1. The number of nitro groups is 1. The van der Waals surface area contributed by atoms with E-state index in [4.69, 9.17) is 0 Å². The molecule has 0 fully saturated rings. The molecule has 2 aromatic carbocycles. The molecule has 1 atom stereocenters. The summed E-state index contributed by atoms with van der Waals surface area (Å²) in [5.41, 5.74) is 4.27. The Kier molecular flexibility index (Phi) is 3.61. The summed E-state index contributed by atoms with van der Waals surface area (Å²) in [6.45, 7) is 0. The van der Waals surface area contributed by atoms with Gasteiger partial charge in [-0.1, -0.05) is 30.3 Å². The Morgan fingerprint density at radius 3 is 2.68 bits per heavy atom. The van der Waals surface area contributed by atoms with Crippen LogP contribution >= 0.6 is 0 Å². The molecule has 0 saturated heterocycles. The van der Waals surface area contributed by atoms with Crippen LogP contribution in [0, 0.1) is 10.1 Å². The normalized spacial score (nSPS) is 12.4. The van der Waals surface area contributed by atoms with E-state index >= 15 is 0 Å². The number of nitro benzene ring substituents is 1. The molecule has 5 nitrogen and oxygen atoms in total. The number of rotatable bonds is 4. The number of H-pyrrole nitrogens is 1. The van der Waals surface area contributed by atoms with Crippen LogP contribution in [0.15, 0.2) is 73.1 Å². The second-order valence-corrected chi connectivity index (χ2v) is 6.12. The number of non-ortho nitro benzene ring substituents is 1. The Morgan fingerprint density at radius 2 is 1.92 bits per heavy atom. The van der Waals surface area contributed by atoms with E-state index < -0.39 is 0 Å². The number of hydrogen-bond donors (Lipinski definition) is 1. The van der Waals surface area contributed by atoms with Gasteiger partial charge in [0.2, 0.25) is 0 Å². The van der Waals surface area contributed by atoms with Crippen LogP contribution in [0.2, 0.25) is 0 Å². The third-order valence-corrected chi connectivity index (χ3v) is 4.63. The van der Waals surface area contributed by atoms with Gasteiger partial charge in [0.15, 0.2) is 0 Å². The van der Waals surface area contributed by atoms with Crippen LogP contribution < -0.4 is 0 Å². The van der Waals surface area contributed by atoms with Gasteiger partial charge in [-0.15, -0.1) is 0 Å². The minimum Gasteiger partial charge on any atom is -0.361 e. The Hall–Kier alpha value is -3.34. The molecule has 5 heteroatoms. The molecule has 1 N–H and O–H groups in total. The molecule has 0 bridgehead atoms. The summed E-state index contributed by atoms with van der Waals surface area (Å²) in [7, 11) is 1.99. The summed E-state index contributed by atoms with van der Waals surface area (Å²) in [5.74, 6) is -0.0870. The van der Waals surface area contributed by atoms with Crippen LogP contribution in [-0.4, -0.2) is 14.5 Å². The SMILES string of the molecule is Cn1cccc1C(c1cccc([N+](=O)[O-])c1)c1c[nH]c2ccccc12. The fourth-order valence-corrected chi connectivity index (χ4v) is 3.43. The first kappa shape index (κ1) is 15.2. The number of aromatic amines is 1. The van der Waals surface area contributed by atoms with Gasteiger partial charge in [-0.3, -0.25) is 10.1 Å². The molecule has 0 radical (unpaired) electrons. The maximum absolute atomic E-state index is 11.2. The topological polar surface area (TPSA) is 63.9 Å². The first-order valence-electron chi connectivity index (χ1n) is 8.07. The summed E-state index contributed by atoms with van der Waals surface area (Å²) < 4.78 is 2.06. The van der Waals surface area contributed by atoms with Crippen LogP contribution in [0.25, 0.3) is 10.9 Å². The molecule has 0 aliphatic rings. The minimum atomic E-state index is -0.346. The summed E-state index contributed by atoms with van der Waals surface area (Å²) in [4.78, 5) is 14.2. The second kappa shape index (κ2) is 5.94. The van der Waals surface area contributed by atoms with Gasteiger partial charge in [0.25, 0.3) is 5.69 Å². The van der Waals surface area contributed by atoms with Crippen LogP contribution in [0.1, 0.15) is 22.7 Å². The molecule has 25 heavy (non-hydrogen) atoms. The average Bonchev–Trinajstić information content (AvgIpc) is 3.23. The number of aromatic nitrogens is 2. The molecule has 2 aromatic heterocycles. The van der Waals surface area contributed by atoms with Gasteiger partial charge in [-0.2, -0.15) is 0 Å². The Labute approximate surface area is 144 Å². The van der Waals surface area contributed by atoms with Gasteiger partial charge in [-0.25, -0.2) is 0 Å². The number of nitrogens with zero attached hydrogens (tertiary/aromatic N) is 2. The predicted molar refractivity (Wildman–Crippen MR) is 97.8 cm³/mol. The van der Waals surface area contributed by atoms with E-state index in [9.17, 15) is 10.1 Å². The van der Waals surface area contributed by atoms with E-state index in [0.717, 1.165) is 27.7 Å². The van der Waals surface area contributed by atoms with Crippen LogP contribution in [0.3, 0.4) is 0 Å². The number of hydrogen-bond acceptors (Lipinski definition) is 2. The van der Waals surface area contributed by atoms with Gasteiger partial charge >= 0.3 is 0 Å². The monoisotopic (exact) mass is 331 g/mol. The molecule has 4 rings (SSSR count). The highest BCUT2D eigenvalue weighted by Crippen LogP contribution is 2.37. The first-order valence-corrected chi connectivity index (χ1v) is 8.07. The lowest BCUT2D eigenvalue weighted by molar-refractivity contribution is -0.384. The Morgan fingerprint density at radius 1 is 1.08 bits per heavy atom. The van der Waals surface area contributed by atoms with E-state index in [2.05, 4.69) is 21.7 Å². The zero-order valence-electron chi connectivity index (χ0n) is 13.7. The standard InChI is InChI=1S/C20H17N3O2/c1-22-11-5-10-19(22)20(14-6-4-7-15(12-14)23(24)25)17-13-21-18-9-3-2-8-16(17)18/h2-13,20-21H,1H3. The van der Waals surface area contributed by atoms with Crippen molar-refractivity contribution >= 4 is 16.6 Å². The molecule has 0 saturated carbocycles. The molecule has 0 amide bonds. The quantitative estimate of drug-likeness (QED) is 0.439. The zero-order valence-corrected chi connectivity index (χ0v) is 13.7. The maximum Gasteiger partial charge on any atom is 0.269 e. The first-order chi connectivity index (χ1) is 12.1. The maximum atomic E-state index is 11.2. The van der Waals surface area contributed by atoms with Crippen LogP contribution in [-0.2, 0) is 7.05 Å². The summed E-state index contributed by atoms with van der Waals surface area (Å²) in [5, 5.41) is 12.3. The lowest BCUT2D eigenvalue weighted by Gasteiger charge is -2.18. The highest BCUT2D eigenvalue weighted by molar-refractivity contribution is 5.84. The van der Waals surface area contributed by atoms with Crippen molar-refractivity contribution in [1.29, 1.82) is 0 Å². The highest BCUT2D eigenvalue weighted by Gasteiger charge is 2.23. The van der Waals surface area contributed by atoms with Crippen molar-refractivity contribution in [2.45, 2.75) is 5.92 Å². The van der Waals surface area contributed by atoms with Crippen molar-refractivity contribution in [1.82, 2.24) is 9.55 Å². The zero-order chi connectivity index (χ0) is 17.4. The molecule has 0 aliphatic carbocycles. The fraction of sp³-hybridized carbons (Fsp3) is 0.100. The Balaban J connectivity index is 1.96. The van der Waals surface area contributed by atoms with E-state index in [1.807, 2.05) is 49.8 Å². The highest BCUT2D eigenvalue weighted by atomic mass is 16.6. The number of fused-ring (bicyclic) bond motifs is 1. The molecule has 2 heterocycles. The van der Waals surface area contributed by atoms with E-state index in [1.165, 1.54) is 6.07 Å².